The van der Waals surface area contributed by atoms with Crippen LogP contribution in [-0.2, 0) is 9.53 Å². The number of rotatable bonds is 1. The smallest absolute Gasteiger partial charge is 0.411 e. The molecule has 1 aliphatic rings. The van der Waals surface area contributed by atoms with Crippen molar-refractivity contribution in [3.8, 4) is 0 Å². The molecule has 5 heteroatoms. The van der Waals surface area contributed by atoms with E-state index in [0.717, 1.165) is 0 Å². The van der Waals surface area contributed by atoms with E-state index in [1.54, 1.807) is 27.7 Å². The van der Waals surface area contributed by atoms with Crippen LogP contribution < -0.4 is 0 Å². The molecule has 1 saturated heterocycles. The van der Waals surface area contributed by atoms with Crippen molar-refractivity contribution in [2.24, 2.45) is 5.41 Å². The fourth-order valence-electron chi connectivity index (χ4n) is 2.46. The fraction of sp³-hybridized carbons (Fsp3) is 0.846. The number of carboxylic acids is 1. The highest BCUT2D eigenvalue weighted by molar-refractivity contribution is 5.85. The zero-order valence-electron chi connectivity index (χ0n) is 12.0. The summed E-state index contributed by atoms with van der Waals surface area (Å²) in [5, 5.41) is 9.37. The molecule has 1 unspecified atom stereocenters. The van der Waals surface area contributed by atoms with Crippen LogP contribution in [0.25, 0.3) is 0 Å². The zero-order valence-corrected chi connectivity index (χ0v) is 12.0. The molecule has 1 atom stereocenters. The van der Waals surface area contributed by atoms with Crippen LogP contribution >= 0.6 is 0 Å². The van der Waals surface area contributed by atoms with Crippen LogP contribution in [0.4, 0.5) is 4.79 Å². The lowest BCUT2D eigenvalue weighted by Crippen LogP contribution is -2.52. The third kappa shape index (κ3) is 2.94. The van der Waals surface area contributed by atoms with Crippen molar-refractivity contribution >= 4 is 12.1 Å². The van der Waals surface area contributed by atoms with E-state index in [2.05, 4.69) is 0 Å². The zero-order chi connectivity index (χ0) is 14.4. The van der Waals surface area contributed by atoms with Gasteiger partial charge < -0.3 is 9.84 Å². The molecule has 0 aliphatic carbocycles. The van der Waals surface area contributed by atoms with Gasteiger partial charge in [-0.25, -0.2) is 9.59 Å². The van der Waals surface area contributed by atoms with Crippen LogP contribution in [0.3, 0.4) is 0 Å². The molecule has 1 fully saturated rings. The molecule has 1 N–H and O–H groups in total. The predicted molar refractivity (Wildman–Crippen MR) is 67.4 cm³/mol. The largest absolute Gasteiger partial charge is 0.480 e. The molecule has 1 aliphatic heterocycles. The second-order valence-corrected chi connectivity index (χ2v) is 6.99. The molecular formula is C13H23NO4. The van der Waals surface area contributed by atoms with E-state index in [9.17, 15) is 14.7 Å². The molecule has 0 spiro atoms. The van der Waals surface area contributed by atoms with Crippen LogP contribution in [0.15, 0.2) is 0 Å². The van der Waals surface area contributed by atoms with Gasteiger partial charge in [-0.15, -0.1) is 0 Å². The summed E-state index contributed by atoms with van der Waals surface area (Å²) in [6.07, 6.45) is -0.132. The Bertz CT molecular complexity index is 370. The lowest BCUT2D eigenvalue weighted by Gasteiger charge is -2.32. The van der Waals surface area contributed by atoms with Crippen molar-refractivity contribution in [1.82, 2.24) is 4.90 Å². The van der Waals surface area contributed by atoms with Crippen LogP contribution in [0, 0.1) is 5.41 Å². The molecule has 0 aromatic carbocycles. The maximum absolute atomic E-state index is 12.1. The summed E-state index contributed by atoms with van der Waals surface area (Å²) in [4.78, 5) is 24.9. The summed E-state index contributed by atoms with van der Waals surface area (Å²) < 4.78 is 5.28. The van der Waals surface area contributed by atoms with Crippen molar-refractivity contribution < 1.29 is 19.4 Å². The Morgan fingerprint density at radius 3 is 2.11 bits per heavy atom. The standard InChI is InChI=1S/C13H23NO4/c1-11(2,3)18-10(17)14-8-12(4,5)7-13(14,6)9(15)16/h7-8H2,1-6H3,(H,15,16). The molecule has 5 nitrogen and oxygen atoms in total. The Balaban J connectivity index is 2.99. The summed E-state index contributed by atoms with van der Waals surface area (Å²) in [7, 11) is 0. The van der Waals surface area contributed by atoms with Gasteiger partial charge in [-0.1, -0.05) is 13.8 Å². The monoisotopic (exact) mass is 257 g/mol. The minimum absolute atomic E-state index is 0.218. The molecule has 104 valence electrons. The Morgan fingerprint density at radius 2 is 1.72 bits per heavy atom. The van der Waals surface area contributed by atoms with E-state index in [0.29, 0.717) is 13.0 Å². The number of carbonyl (C=O) groups is 2. The van der Waals surface area contributed by atoms with Gasteiger partial charge in [-0.2, -0.15) is 0 Å². The van der Waals surface area contributed by atoms with Gasteiger partial charge in [0.25, 0.3) is 0 Å². The number of likely N-dealkylation sites (tertiary alicyclic amines) is 1. The molecule has 1 amide bonds. The minimum Gasteiger partial charge on any atom is -0.480 e. The number of amides is 1. The maximum atomic E-state index is 12.1. The molecule has 0 aromatic heterocycles. The number of ether oxygens (including phenoxy) is 1. The first-order valence-corrected chi connectivity index (χ1v) is 6.11. The number of carbonyl (C=O) groups excluding carboxylic acids is 1. The number of aliphatic carboxylic acids is 1. The molecule has 0 saturated carbocycles. The van der Waals surface area contributed by atoms with E-state index in [1.807, 2.05) is 13.8 Å². The van der Waals surface area contributed by atoms with E-state index in [-0.39, 0.29) is 5.41 Å². The van der Waals surface area contributed by atoms with Crippen LogP contribution in [0.2, 0.25) is 0 Å². The van der Waals surface area contributed by atoms with E-state index >= 15 is 0 Å². The predicted octanol–water partition coefficient (Wildman–Crippen LogP) is 2.50. The first kappa shape index (κ1) is 14.8. The lowest BCUT2D eigenvalue weighted by molar-refractivity contribution is -0.148. The van der Waals surface area contributed by atoms with E-state index < -0.39 is 23.2 Å². The van der Waals surface area contributed by atoms with Crippen molar-refractivity contribution in [3.05, 3.63) is 0 Å². The SMILES string of the molecule is CC1(C)CN(C(=O)OC(C)(C)C)C(C)(C(=O)O)C1. The lowest BCUT2D eigenvalue weighted by atomic mass is 9.85. The number of carboxylic acid groups (broad SMARTS) is 1. The van der Waals surface area contributed by atoms with Crippen molar-refractivity contribution in [3.63, 3.8) is 0 Å². The third-order valence-electron chi connectivity index (χ3n) is 3.08. The van der Waals surface area contributed by atoms with Crippen LogP contribution in [-0.4, -0.2) is 39.8 Å². The fourth-order valence-corrected chi connectivity index (χ4v) is 2.46. The average molecular weight is 257 g/mol. The van der Waals surface area contributed by atoms with Gasteiger partial charge in [0.2, 0.25) is 0 Å². The molecule has 18 heavy (non-hydrogen) atoms. The average Bonchev–Trinajstić information content (AvgIpc) is 2.34. The van der Waals surface area contributed by atoms with Gasteiger partial charge in [0, 0.05) is 6.54 Å². The van der Waals surface area contributed by atoms with Crippen LogP contribution in [0.5, 0.6) is 0 Å². The number of hydrogen-bond donors (Lipinski definition) is 1. The van der Waals surface area contributed by atoms with Gasteiger partial charge >= 0.3 is 12.1 Å². The molecule has 1 rings (SSSR count). The molecule has 0 aromatic rings. The van der Waals surface area contributed by atoms with Gasteiger partial charge in [-0.3, -0.25) is 4.90 Å². The van der Waals surface area contributed by atoms with Gasteiger partial charge in [0.05, 0.1) is 0 Å². The van der Waals surface area contributed by atoms with Gasteiger partial charge in [0.15, 0.2) is 0 Å². The van der Waals surface area contributed by atoms with Gasteiger partial charge in [0.1, 0.15) is 11.1 Å². The normalized spacial score (nSPS) is 27.1. The summed E-state index contributed by atoms with van der Waals surface area (Å²) in [6.45, 7) is 11.2. The molecule has 1 heterocycles. The van der Waals surface area contributed by atoms with Crippen molar-refractivity contribution in [1.29, 1.82) is 0 Å². The highest BCUT2D eigenvalue weighted by atomic mass is 16.6. The Labute approximate surface area is 108 Å². The second kappa shape index (κ2) is 4.14. The van der Waals surface area contributed by atoms with Crippen LogP contribution in [0.1, 0.15) is 48.0 Å². The minimum atomic E-state index is -1.19. The first-order valence-electron chi connectivity index (χ1n) is 6.11. The second-order valence-electron chi connectivity index (χ2n) is 6.99. The highest BCUT2D eigenvalue weighted by Crippen LogP contribution is 2.41. The Kier molecular flexibility index (Phi) is 3.40. The summed E-state index contributed by atoms with van der Waals surface area (Å²) in [5.74, 6) is -0.987. The summed E-state index contributed by atoms with van der Waals surface area (Å²) >= 11 is 0. The summed E-state index contributed by atoms with van der Waals surface area (Å²) in [5.41, 5.74) is -2.03. The van der Waals surface area contributed by atoms with E-state index in [1.165, 1.54) is 4.90 Å². The maximum Gasteiger partial charge on any atom is 0.411 e. The van der Waals surface area contributed by atoms with Crippen molar-refractivity contribution in [2.75, 3.05) is 6.54 Å². The first-order chi connectivity index (χ1) is 7.87. The molecule has 0 radical (unpaired) electrons. The Hall–Kier alpha value is -1.26. The number of nitrogens with zero attached hydrogens (tertiary/aromatic N) is 1. The topological polar surface area (TPSA) is 66.8 Å². The third-order valence-corrected chi connectivity index (χ3v) is 3.08. The molecule has 0 bridgehead atoms. The van der Waals surface area contributed by atoms with E-state index in [4.69, 9.17) is 4.74 Å². The highest BCUT2D eigenvalue weighted by Gasteiger charge is 2.54. The molecular weight excluding hydrogens is 234 g/mol. The van der Waals surface area contributed by atoms with Crippen molar-refractivity contribution in [2.45, 2.75) is 59.1 Å². The van der Waals surface area contributed by atoms with Gasteiger partial charge in [-0.05, 0) is 39.5 Å². The quantitative estimate of drug-likeness (QED) is 0.783. The summed E-state index contributed by atoms with van der Waals surface area (Å²) in [6, 6.07) is 0. The Morgan fingerprint density at radius 1 is 1.22 bits per heavy atom. The number of hydrogen-bond acceptors (Lipinski definition) is 3.